The third-order valence-corrected chi connectivity index (χ3v) is 1.94. The van der Waals surface area contributed by atoms with Crippen LogP contribution in [0.1, 0.15) is 11.7 Å². The van der Waals surface area contributed by atoms with Gasteiger partial charge in [-0.2, -0.15) is 0 Å². The summed E-state index contributed by atoms with van der Waals surface area (Å²) in [6.45, 7) is 0.111. The van der Waals surface area contributed by atoms with Gasteiger partial charge in [-0.25, -0.2) is 0 Å². The van der Waals surface area contributed by atoms with Gasteiger partial charge in [-0.15, -0.1) is 0 Å². The maximum absolute atomic E-state index is 10.4. The first-order valence-electron chi connectivity index (χ1n) is 3.97. The normalized spacial score (nSPS) is 15.2. The molecule has 0 radical (unpaired) electrons. The van der Waals surface area contributed by atoms with Gasteiger partial charge in [0.25, 0.3) is 0 Å². The number of carboxylic acid groups (broad SMARTS) is 1. The molecular weight excluding hydrogens is 188 g/mol. The molecule has 1 aromatic rings. The van der Waals surface area contributed by atoms with Crippen LogP contribution in [0.25, 0.3) is 0 Å². The number of aliphatic hydroxyl groups is 1. The molecule has 1 aliphatic heterocycles. The molecule has 1 aromatic carbocycles. The van der Waals surface area contributed by atoms with Crippen LogP contribution >= 0.6 is 0 Å². The summed E-state index contributed by atoms with van der Waals surface area (Å²) in [6.07, 6.45) is -1.63. The molecule has 2 rings (SSSR count). The average molecular weight is 195 g/mol. The van der Waals surface area contributed by atoms with Gasteiger partial charge >= 0.3 is 0 Å². The van der Waals surface area contributed by atoms with Crippen LogP contribution in [0.4, 0.5) is 0 Å². The fourth-order valence-electron chi connectivity index (χ4n) is 1.22. The first kappa shape index (κ1) is 8.83. The van der Waals surface area contributed by atoms with Crippen molar-refractivity contribution in [3.05, 3.63) is 23.8 Å². The van der Waals surface area contributed by atoms with Crippen LogP contribution < -0.4 is 14.6 Å². The molecule has 1 aliphatic rings. The molecule has 14 heavy (non-hydrogen) atoms. The summed E-state index contributed by atoms with van der Waals surface area (Å²) < 4.78 is 10.0. The number of hydrogen-bond donors (Lipinski definition) is 1. The largest absolute Gasteiger partial charge is 0.547 e. The van der Waals surface area contributed by atoms with Gasteiger partial charge in [-0.05, 0) is 17.7 Å². The highest BCUT2D eigenvalue weighted by Crippen LogP contribution is 2.33. The number of ether oxygens (including phenoxy) is 2. The quantitative estimate of drug-likeness (QED) is 0.668. The van der Waals surface area contributed by atoms with Crippen molar-refractivity contribution in [3.63, 3.8) is 0 Å². The molecule has 1 heterocycles. The number of carboxylic acids is 1. The smallest absolute Gasteiger partial charge is 0.231 e. The number of aliphatic carboxylic acids is 1. The number of fused-ring (bicyclic) bond motifs is 1. The van der Waals surface area contributed by atoms with E-state index in [0.717, 1.165) is 0 Å². The first-order valence-corrected chi connectivity index (χ1v) is 3.97. The summed E-state index contributed by atoms with van der Waals surface area (Å²) in [4.78, 5) is 10.4. The van der Waals surface area contributed by atoms with Gasteiger partial charge in [0.05, 0.1) is 5.97 Å². The highest BCUT2D eigenvalue weighted by Gasteiger charge is 2.16. The Bertz CT molecular complexity index is 373. The molecule has 1 unspecified atom stereocenters. The van der Waals surface area contributed by atoms with E-state index in [1.807, 2.05) is 0 Å². The van der Waals surface area contributed by atoms with Gasteiger partial charge in [-0.3, -0.25) is 0 Å². The zero-order chi connectivity index (χ0) is 10.1. The van der Waals surface area contributed by atoms with E-state index < -0.39 is 12.1 Å². The lowest BCUT2D eigenvalue weighted by Crippen LogP contribution is -2.29. The summed E-state index contributed by atoms with van der Waals surface area (Å²) in [7, 11) is 0. The minimum atomic E-state index is -1.63. The Kier molecular flexibility index (Phi) is 2.01. The molecule has 0 fully saturated rings. The van der Waals surface area contributed by atoms with Crippen LogP contribution in [0.5, 0.6) is 11.5 Å². The van der Waals surface area contributed by atoms with Crippen LogP contribution in [0.2, 0.25) is 0 Å². The van der Waals surface area contributed by atoms with Crippen LogP contribution in [0.3, 0.4) is 0 Å². The van der Waals surface area contributed by atoms with Crippen molar-refractivity contribution in [2.75, 3.05) is 6.79 Å². The Hall–Kier alpha value is -1.75. The second kappa shape index (κ2) is 3.19. The third kappa shape index (κ3) is 1.38. The second-order valence-electron chi connectivity index (χ2n) is 2.83. The Balaban J connectivity index is 2.33. The summed E-state index contributed by atoms with van der Waals surface area (Å²) in [6, 6.07) is 4.42. The standard InChI is InChI=1S/C9H8O5/c10-8(9(11)12)5-1-2-6-7(3-5)14-4-13-6/h1-3,8,10H,4H2,(H,11,12)/p-1. The lowest BCUT2D eigenvalue weighted by atomic mass is 10.1. The second-order valence-corrected chi connectivity index (χ2v) is 2.83. The summed E-state index contributed by atoms with van der Waals surface area (Å²) in [5.41, 5.74) is 0.217. The first-order chi connectivity index (χ1) is 6.68. The molecule has 0 bridgehead atoms. The van der Waals surface area contributed by atoms with Crippen molar-refractivity contribution in [1.82, 2.24) is 0 Å². The number of rotatable bonds is 2. The van der Waals surface area contributed by atoms with E-state index in [4.69, 9.17) is 9.47 Å². The highest BCUT2D eigenvalue weighted by molar-refractivity contribution is 5.72. The molecule has 0 amide bonds. The van der Waals surface area contributed by atoms with E-state index in [9.17, 15) is 15.0 Å². The van der Waals surface area contributed by atoms with Crippen LogP contribution in [-0.2, 0) is 4.79 Å². The molecule has 0 aliphatic carbocycles. The van der Waals surface area contributed by atoms with Gasteiger partial charge < -0.3 is 24.5 Å². The SMILES string of the molecule is O=C([O-])C(O)c1ccc2c(c1)OCO2. The molecule has 0 saturated heterocycles. The molecule has 0 saturated carbocycles. The third-order valence-electron chi connectivity index (χ3n) is 1.94. The van der Waals surface area contributed by atoms with E-state index in [1.54, 1.807) is 6.07 Å². The van der Waals surface area contributed by atoms with Crippen molar-refractivity contribution in [2.45, 2.75) is 6.10 Å². The van der Waals surface area contributed by atoms with Crippen LogP contribution in [0.15, 0.2) is 18.2 Å². The molecule has 74 valence electrons. The highest BCUT2D eigenvalue weighted by atomic mass is 16.7. The van der Waals surface area contributed by atoms with E-state index in [2.05, 4.69) is 0 Å². The van der Waals surface area contributed by atoms with E-state index in [-0.39, 0.29) is 12.4 Å². The number of carbonyl (C=O) groups excluding carboxylic acids is 1. The van der Waals surface area contributed by atoms with Crippen molar-refractivity contribution in [2.24, 2.45) is 0 Å². The average Bonchev–Trinajstić information content (AvgIpc) is 2.62. The van der Waals surface area contributed by atoms with Crippen LogP contribution in [0, 0.1) is 0 Å². The van der Waals surface area contributed by atoms with Crippen molar-refractivity contribution < 1.29 is 24.5 Å². The van der Waals surface area contributed by atoms with Gasteiger partial charge in [0.15, 0.2) is 11.5 Å². The molecule has 0 spiro atoms. The van der Waals surface area contributed by atoms with E-state index in [0.29, 0.717) is 11.5 Å². The molecule has 5 heteroatoms. The molecular formula is C9H7O5-. The Morgan fingerprint density at radius 3 is 2.86 bits per heavy atom. The van der Waals surface area contributed by atoms with E-state index >= 15 is 0 Å². The summed E-state index contributed by atoms with van der Waals surface area (Å²) in [5, 5.41) is 19.5. The van der Waals surface area contributed by atoms with Crippen LogP contribution in [-0.4, -0.2) is 17.9 Å². The summed E-state index contributed by atoms with van der Waals surface area (Å²) >= 11 is 0. The minimum absolute atomic E-state index is 0.111. The molecule has 5 nitrogen and oxygen atoms in total. The fourth-order valence-corrected chi connectivity index (χ4v) is 1.22. The van der Waals surface area contributed by atoms with Crippen molar-refractivity contribution in [3.8, 4) is 11.5 Å². The predicted octanol–water partition coefficient (Wildman–Crippen LogP) is -0.801. The lowest BCUT2D eigenvalue weighted by Gasteiger charge is -2.11. The zero-order valence-corrected chi connectivity index (χ0v) is 7.10. The Morgan fingerprint density at radius 1 is 1.43 bits per heavy atom. The van der Waals surface area contributed by atoms with Gasteiger partial charge in [0, 0.05) is 0 Å². The predicted molar refractivity (Wildman–Crippen MR) is 42.5 cm³/mol. The summed E-state index contributed by atoms with van der Waals surface area (Å²) in [5.74, 6) is -0.564. The van der Waals surface area contributed by atoms with E-state index in [1.165, 1.54) is 12.1 Å². The van der Waals surface area contributed by atoms with Gasteiger partial charge in [0.2, 0.25) is 6.79 Å². The van der Waals surface area contributed by atoms with Gasteiger partial charge in [-0.1, -0.05) is 6.07 Å². The zero-order valence-electron chi connectivity index (χ0n) is 7.10. The molecule has 0 aromatic heterocycles. The molecule has 1 atom stereocenters. The Morgan fingerprint density at radius 2 is 2.14 bits per heavy atom. The van der Waals surface area contributed by atoms with Gasteiger partial charge in [0.1, 0.15) is 6.10 Å². The Labute approximate surface area is 79.5 Å². The van der Waals surface area contributed by atoms with Crippen molar-refractivity contribution in [1.29, 1.82) is 0 Å². The number of benzene rings is 1. The maximum Gasteiger partial charge on any atom is 0.231 e. The number of hydrogen-bond acceptors (Lipinski definition) is 5. The fraction of sp³-hybridized carbons (Fsp3) is 0.222. The monoisotopic (exact) mass is 195 g/mol. The minimum Gasteiger partial charge on any atom is -0.547 e. The number of aliphatic hydroxyl groups excluding tert-OH is 1. The molecule has 1 N–H and O–H groups in total. The van der Waals surface area contributed by atoms with Crippen molar-refractivity contribution >= 4 is 5.97 Å². The number of carbonyl (C=O) groups is 1. The maximum atomic E-state index is 10.4. The lowest BCUT2D eigenvalue weighted by molar-refractivity contribution is -0.315. The topological polar surface area (TPSA) is 78.8 Å².